The Morgan fingerprint density at radius 2 is 1.96 bits per heavy atom. The van der Waals surface area contributed by atoms with Crippen LogP contribution in [0.5, 0.6) is 5.75 Å². The normalized spacial score (nSPS) is 16.0. The van der Waals surface area contributed by atoms with Gasteiger partial charge in [0.05, 0.1) is 18.9 Å². The summed E-state index contributed by atoms with van der Waals surface area (Å²) in [4.78, 5) is 11.1. The number of carbonyl (C=O) groups excluding carboxylic acids is 1. The fourth-order valence-electron chi connectivity index (χ4n) is 2.67. The minimum atomic E-state index is -0.0849. The highest BCUT2D eigenvalue weighted by Crippen LogP contribution is 2.29. The summed E-state index contributed by atoms with van der Waals surface area (Å²) in [6.45, 7) is 3.57. The second-order valence-electron chi connectivity index (χ2n) is 5.52. The van der Waals surface area contributed by atoms with Crippen molar-refractivity contribution < 1.29 is 9.53 Å². The molecule has 2 aromatic rings. The maximum atomic E-state index is 11.1. The van der Waals surface area contributed by atoms with Crippen molar-refractivity contribution in [2.24, 2.45) is 5.10 Å². The van der Waals surface area contributed by atoms with Gasteiger partial charge in [-0.3, -0.25) is 4.79 Å². The van der Waals surface area contributed by atoms with Gasteiger partial charge in [-0.2, -0.15) is 5.10 Å². The van der Waals surface area contributed by atoms with Gasteiger partial charge in [-0.05, 0) is 36.8 Å². The minimum Gasteiger partial charge on any atom is -0.497 e. The van der Waals surface area contributed by atoms with Crippen molar-refractivity contribution in [1.29, 1.82) is 0 Å². The van der Waals surface area contributed by atoms with E-state index in [1.807, 2.05) is 36.4 Å². The summed E-state index contributed by atoms with van der Waals surface area (Å²) in [6, 6.07) is 13.8. The van der Waals surface area contributed by atoms with Gasteiger partial charge in [-0.25, -0.2) is 0 Å². The number of ether oxygens (including phenoxy) is 1. The summed E-state index contributed by atoms with van der Waals surface area (Å²) in [5.74, 6) is 0.721. The molecule has 0 spiro atoms. The molecule has 1 aliphatic rings. The molecular weight excluding hydrogens is 290 g/mol. The van der Waals surface area contributed by atoms with Crippen LogP contribution in [0.25, 0.3) is 0 Å². The predicted molar refractivity (Wildman–Crippen MR) is 90.9 cm³/mol. The first-order valence-electron chi connectivity index (χ1n) is 7.48. The van der Waals surface area contributed by atoms with Crippen LogP contribution >= 0.6 is 0 Å². The van der Waals surface area contributed by atoms with Gasteiger partial charge in [0.2, 0.25) is 5.91 Å². The van der Waals surface area contributed by atoms with E-state index in [0.717, 1.165) is 28.3 Å². The Morgan fingerprint density at radius 3 is 2.61 bits per heavy atom. The average molecular weight is 309 g/mol. The summed E-state index contributed by atoms with van der Waals surface area (Å²) < 4.78 is 5.34. The Hall–Kier alpha value is -2.82. The Labute approximate surface area is 135 Å². The molecule has 0 saturated heterocycles. The van der Waals surface area contributed by atoms with Crippen LogP contribution in [0.15, 0.2) is 47.6 Å². The highest BCUT2D eigenvalue weighted by molar-refractivity contribution is 6.14. The van der Waals surface area contributed by atoms with Gasteiger partial charge >= 0.3 is 0 Å². The predicted octanol–water partition coefficient (Wildman–Crippen LogP) is 3.07. The van der Waals surface area contributed by atoms with Crippen molar-refractivity contribution in [3.05, 3.63) is 59.2 Å². The SMILES string of the molecule is COc1ccc2c(c1)C(c1ccc(NC(C)=O)cc1)=NNC2C. The van der Waals surface area contributed by atoms with Gasteiger partial charge < -0.3 is 15.5 Å². The van der Waals surface area contributed by atoms with Gasteiger partial charge in [0, 0.05) is 23.7 Å². The van der Waals surface area contributed by atoms with Crippen LogP contribution < -0.4 is 15.5 Å². The smallest absolute Gasteiger partial charge is 0.221 e. The molecule has 5 heteroatoms. The maximum Gasteiger partial charge on any atom is 0.221 e. The number of methoxy groups -OCH3 is 1. The van der Waals surface area contributed by atoms with Crippen LogP contribution in [0.1, 0.15) is 36.6 Å². The molecule has 2 aromatic carbocycles. The molecule has 0 aliphatic carbocycles. The third-order valence-electron chi connectivity index (χ3n) is 3.83. The zero-order valence-corrected chi connectivity index (χ0v) is 13.4. The largest absolute Gasteiger partial charge is 0.497 e. The van der Waals surface area contributed by atoms with E-state index in [4.69, 9.17) is 4.74 Å². The number of hydrogen-bond acceptors (Lipinski definition) is 4. The van der Waals surface area contributed by atoms with E-state index in [1.165, 1.54) is 12.5 Å². The fraction of sp³-hybridized carbons (Fsp3) is 0.222. The Kier molecular flexibility index (Phi) is 4.02. The molecule has 1 unspecified atom stereocenters. The van der Waals surface area contributed by atoms with Crippen molar-refractivity contribution in [2.75, 3.05) is 12.4 Å². The number of benzene rings is 2. The number of hydrazone groups is 1. The lowest BCUT2D eigenvalue weighted by atomic mass is 9.92. The zero-order chi connectivity index (χ0) is 16.4. The van der Waals surface area contributed by atoms with E-state index in [0.29, 0.717) is 0 Å². The third kappa shape index (κ3) is 3.04. The first-order chi connectivity index (χ1) is 11.1. The molecule has 0 aromatic heterocycles. The lowest BCUT2D eigenvalue weighted by Crippen LogP contribution is -2.24. The van der Waals surface area contributed by atoms with Gasteiger partial charge in [0.25, 0.3) is 0 Å². The second-order valence-corrected chi connectivity index (χ2v) is 5.52. The first-order valence-corrected chi connectivity index (χ1v) is 7.48. The number of nitrogens with zero attached hydrogens (tertiary/aromatic N) is 1. The molecule has 0 saturated carbocycles. The molecule has 2 N–H and O–H groups in total. The summed E-state index contributed by atoms with van der Waals surface area (Å²) in [7, 11) is 1.66. The second kappa shape index (κ2) is 6.12. The van der Waals surface area contributed by atoms with E-state index < -0.39 is 0 Å². The molecule has 0 bridgehead atoms. The van der Waals surface area contributed by atoms with E-state index in [2.05, 4.69) is 28.8 Å². The molecule has 1 heterocycles. The Morgan fingerprint density at radius 1 is 1.22 bits per heavy atom. The van der Waals surface area contributed by atoms with Gasteiger partial charge in [-0.15, -0.1) is 0 Å². The Balaban J connectivity index is 1.99. The Bertz CT molecular complexity index is 766. The maximum absolute atomic E-state index is 11.1. The van der Waals surface area contributed by atoms with Gasteiger partial charge in [0.15, 0.2) is 0 Å². The molecule has 23 heavy (non-hydrogen) atoms. The highest BCUT2D eigenvalue weighted by atomic mass is 16.5. The summed E-state index contributed by atoms with van der Waals surface area (Å²) in [6.07, 6.45) is 0. The first kappa shape index (κ1) is 15.1. The van der Waals surface area contributed by atoms with Crippen molar-refractivity contribution in [3.63, 3.8) is 0 Å². The molecule has 1 amide bonds. The van der Waals surface area contributed by atoms with Crippen molar-refractivity contribution in [3.8, 4) is 5.75 Å². The summed E-state index contributed by atoms with van der Waals surface area (Å²) >= 11 is 0. The van der Waals surface area contributed by atoms with Crippen LogP contribution in [0, 0.1) is 0 Å². The lowest BCUT2D eigenvalue weighted by molar-refractivity contribution is -0.114. The molecule has 1 atom stereocenters. The number of amides is 1. The fourth-order valence-corrected chi connectivity index (χ4v) is 2.67. The quantitative estimate of drug-likeness (QED) is 0.916. The minimum absolute atomic E-state index is 0.0849. The zero-order valence-electron chi connectivity index (χ0n) is 13.4. The van der Waals surface area contributed by atoms with E-state index in [1.54, 1.807) is 7.11 Å². The number of nitrogens with one attached hydrogen (secondary N) is 2. The summed E-state index contributed by atoms with van der Waals surface area (Å²) in [5, 5.41) is 7.28. The molecule has 0 fully saturated rings. The van der Waals surface area contributed by atoms with E-state index in [9.17, 15) is 4.79 Å². The van der Waals surface area contributed by atoms with Crippen LogP contribution in [-0.2, 0) is 4.79 Å². The number of hydrogen-bond donors (Lipinski definition) is 2. The topological polar surface area (TPSA) is 62.7 Å². The summed E-state index contributed by atoms with van der Waals surface area (Å²) in [5.41, 5.74) is 8.00. The highest BCUT2D eigenvalue weighted by Gasteiger charge is 2.21. The number of carbonyl (C=O) groups is 1. The molecule has 3 rings (SSSR count). The van der Waals surface area contributed by atoms with Crippen LogP contribution in [0.4, 0.5) is 5.69 Å². The molecule has 1 aliphatic heterocycles. The van der Waals surface area contributed by atoms with Gasteiger partial charge in [0.1, 0.15) is 5.75 Å². The van der Waals surface area contributed by atoms with Crippen molar-refractivity contribution in [2.45, 2.75) is 19.9 Å². The molecular formula is C18H19N3O2. The van der Waals surface area contributed by atoms with Crippen molar-refractivity contribution >= 4 is 17.3 Å². The van der Waals surface area contributed by atoms with E-state index in [-0.39, 0.29) is 11.9 Å². The van der Waals surface area contributed by atoms with E-state index >= 15 is 0 Å². The third-order valence-corrected chi connectivity index (χ3v) is 3.83. The van der Waals surface area contributed by atoms with Crippen molar-refractivity contribution in [1.82, 2.24) is 5.43 Å². The average Bonchev–Trinajstić information content (AvgIpc) is 2.55. The van der Waals surface area contributed by atoms with Gasteiger partial charge in [-0.1, -0.05) is 18.2 Å². The molecule has 118 valence electrons. The van der Waals surface area contributed by atoms with Crippen LogP contribution in [0.3, 0.4) is 0 Å². The van der Waals surface area contributed by atoms with Crippen LogP contribution in [0.2, 0.25) is 0 Å². The lowest BCUT2D eigenvalue weighted by Gasteiger charge is -2.24. The molecule has 0 radical (unpaired) electrons. The standard InChI is InChI=1S/C18H19N3O2/c1-11-16-9-8-15(23-3)10-17(16)18(21-20-11)13-4-6-14(7-5-13)19-12(2)22/h4-11,20H,1-3H3,(H,19,22). The molecule has 5 nitrogen and oxygen atoms in total. The number of fused-ring (bicyclic) bond motifs is 1. The number of anilines is 1. The monoisotopic (exact) mass is 309 g/mol. The van der Waals surface area contributed by atoms with Crippen LogP contribution in [-0.4, -0.2) is 18.7 Å². The number of rotatable bonds is 3.